The molecule has 0 bridgehead atoms. The first-order valence-corrected chi connectivity index (χ1v) is 5.49. The minimum atomic E-state index is 0.114. The Labute approximate surface area is 87.9 Å². The highest BCUT2D eigenvalue weighted by Gasteiger charge is 2.15. The Morgan fingerprint density at radius 2 is 1.73 bits per heavy atom. The van der Waals surface area contributed by atoms with Crippen LogP contribution >= 0.6 is 0 Å². The maximum atomic E-state index is 11.8. The van der Waals surface area contributed by atoms with Gasteiger partial charge in [-0.2, -0.15) is 0 Å². The van der Waals surface area contributed by atoms with Gasteiger partial charge in [-0.3, -0.25) is 4.79 Å². The molecule has 2 heteroatoms. The third kappa shape index (κ3) is 1.29. The summed E-state index contributed by atoms with van der Waals surface area (Å²) in [6, 6.07) is 8.09. The number of aromatic amines is 1. The van der Waals surface area contributed by atoms with E-state index in [-0.39, 0.29) is 5.56 Å². The quantitative estimate of drug-likeness (QED) is 0.694. The summed E-state index contributed by atoms with van der Waals surface area (Å²) in [6.45, 7) is 0. The van der Waals surface area contributed by atoms with E-state index in [0.29, 0.717) is 0 Å². The monoisotopic (exact) mass is 199 g/mol. The molecule has 1 aromatic carbocycles. The zero-order valence-electron chi connectivity index (χ0n) is 8.55. The van der Waals surface area contributed by atoms with Crippen molar-refractivity contribution in [2.24, 2.45) is 0 Å². The summed E-state index contributed by atoms with van der Waals surface area (Å²) in [7, 11) is 0. The predicted molar refractivity (Wildman–Crippen MR) is 61.2 cm³/mol. The fourth-order valence-electron chi connectivity index (χ4n) is 2.51. The molecule has 0 spiro atoms. The topological polar surface area (TPSA) is 32.9 Å². The van der Waals surface area contributed by atoms with Gasteiger partial charge in [-0.05, 0) is 37.3 Å². The third-order valence-electron chi connectivity index (χ3n) is 3.24. The van der Waals surface area contributed by atoms with Crippen LogP contribution < -0.4 is 5.56 Å². The van der Waals surface area contributed by atoms with Crippen molar-refractivity contribution in [2.75, 3.05) is 0 Å². The van der Waals surface area contributed by atoms with Gasteiger partial charge in [-0.15, -0.1) is 0 Å². The SMILES string of the molecule is O=c1[nH]c2ccccc2c2c1CCCC2. The zero-order chi connectivity index (χ0) is 10.3. The highest BCUT2D eigenvalue weighted by atomic mass is 16.1. The van der Waals surface area contributed by atoms with Crippen LogP contribution in [0.15, 0.2) is 29.1 Å². The van der Waals surface area contributed by atoms with E-state index in [2.05, 4.69) is 11.1 Å². The summed E-state index contributed by atoms with van der Waals surface area (Å²) in [4.78, 5) is 14.8. The van der Waals surface area contributed by atoms with Crippen molar-refractivity contribution in [3.63, 3.8) is 0 Å². The van der Waals surface area contributed by atoms with Gasteiger partial charge in [0.2, 0.25) is 0 Å². The summed E-state index contributed by atoms with van der Waals surface area (Å²) in [6.07, 6.45) is 4.35. The van der Waals surface area contributed by atoms with Crippen LogP contribution in [0.25, 0.3) is 10.9 Å². The Balaban J connectivity index is 2.44. The summed E-state index contributed by atoms with van der Waals surface area (Å²) in [5, 5.41) is 1.23. The first-order valence-electron chi connectivity index (χ1n) is 5.49. The molecule has 0 atom stereocenters. The van der Waals surface area contributed by atoms with Crippen molar-refractivity contribution in [1.82, 2.24) is 4.98 Å². The molecule has 0 unspecified atom stereocenters. The van der Waals surface area contributed by atoms with Crippen LogP contribution in [0.1, 0.15) is 24.0 Å². The molecule has 3 rings (SSSR count). The second kappa shape index (κ2) is 3.23. The summed E-state index contributed by atoms with van der Waals surface area (Å²) in [5.74, 6) is 0. The van der Waals surface area contributed by atoms with Gasteiger partial charge in [-0.25, -0.2) is 0 Å². The molecule has 0 radical (unpaired) electrons. The number of pyridine rings is 1. The van der Waals surface area contributed by atoms with Gasteiger partial charge in [0.1, 0.15) is 0 Å². The average molecular weight is 199 g/mol. The number of aryl methyl sites for hydroxylation is 1. The van der Waals surface area contributed by atoms with Crippen LogP contribution in [0.5, 0.6) is 0 Å². The molecule has 1 aromatic heterocycles. The molecule has 76 valence electrons. The molecular weight excluding hydrogens is 186 g/mol. The first kappa shape index (κ1) is 8.72. The number of rotatable bonds is 0. The molecule has 0 saturated heterocycles. The number of hydrogen-bond acceptors (Lipinski definition) is 1. The summed E-state index contributed by atoms with van der Waals surface area (Å²) in [5.41, 5.74) is 3.38. The van der Waals surface area contributed by atoms with Crippen LogP contribution in [-0.2, 0) is 12.8 Å². The van der Waals surface area contributed by atoms with Crippen molar-refractivity contribution >= 4 is 10.9 Å². The number of aromatic nitrogens is 1. The number of benzene rings is 1. The molecule has 1 aliphatic rings. The predicted octanol–water partition coefficient (Wildman–Crippen LogP) is 2.41. The van der Waals surface area contributed by atoms with E-state index < -0.39 is 0 Å². The Kier molecular flexibility index (Phi) is 1.88. The molecular formula is C13H13NO. The lowest BCUT2D eigenvalue weighted by atomic mass is 9.90. The number of hydrogen-bond donors (Lipinski definition) is 1. The lowest BCUT2D eigenvalue weighted by molar-refractivity contribution is 0.682. The van der Waals surface area contributed by atoms with Gasteiger partial charge in [-0.1, -0.05) is 18.2 Å². The van der Waals surface area contributed by atoms with Crippen molar-refractivity contribution in [1.29, 1.82) is 0 Å². The van der Waals surface area contributed by atoms with E-state index in [9.17, 15) is 4.79 Å². The Morgan fingerprint density at radius 3 is 2.60 bits per heavy atom. The maximum absolute atomic E-state index is 11.8. The van der Waals surface area contributed by atoms with E-state index >= 15 is 0 Å². The minimum absolute atomic E-state index is 0.114. The smallest absolute Gasteiger partial charge is 0.251 e. The second-order valence-electron chi connectivity index (χ2n) is 4.16. The number of nitrogens with one attached hydrogen (secondary N) is 1. The molecule has 0 fully saturated rings. The van der Waals surface area contributed by atoms with Crippen LogP contribution in [0.4, 0.5) is 0 Å². The van der Waals surface area contributed by atoms with Gasteiger partial charge in [0.15, 0.2) is 0 Å². The maximum Gasteiger partial charge on any atom is 0.251 e. The fraction of sp³-hybridized carbons (Fsp3) is 0.308. The highest BCUT2D eigenvalue weighted by molar-refractivity contribution is 5.83. The first-order chi connectivity index (χ1) is 7.36. The van der Waals surface area contributed by atoms with Gasteiger partial charge in [0.05, 0.1) is 0 Å². The Hall–Kier alpha value is -1.57. The molecule has 15 heavy (non-hydrogen) atoms. The molecule has 1 aliphatic carbocycles. The van der Waals surface area contributed by atoms with E-state index in [1.54, 1.807) is 0 Å². The lowest BCUT2D eigenvalue weighted by Crippen LogP contribution is -2.19. The van der Waals surface area contributed by atoms with Crippen LogP contribution in [0.2, 0.25) is 0 Å². The fourth-order valence-corrected chi connectivity index (χ4v) is 2.51. The van der Waals surface area contributed by atoms with Crippen molar-refractivity contribution in [3.8, 4) is 0 Å². The number of H-pyrrole nitrogens is 1. The lowest BCUT2D eigenvalue weighted by Gasteiger charge is -2.16. The normalized spacial score (nSPS) is 15.2. The highest BCUT2D eigenvalue weighted by Crippen LogP contribution is 2.24. The molecule has 0 amide bonds. The number of para-hydroxylation sites is 1. The molecule has 2 nitrogen and oxygen atoms in total. The van der Waals surface area contributed by atoms with E-state index in [1.807, 2.05) is 18.2 Å². The summed E-state index contributed by atoms with van der Waals surface area (Å²) < 4.78 is 0. The van der Waals surface area contributed by atoms with E-state index in [4.69, 9.17) is 0 Å². The van der Waals surface area contributed by atoms with Gasteiger partial charge in [0.25, 0.3) is 5.56 Å². The summed E-state index contributed by atoms with van der Waals surface area (Å²) >= 11 is 0. The van der Waals surface area contributed by atoms with Gasteiger partial charge in [0, 0.05) is 16.5 Å². The molecule has 1 N–H and O–H groups in total. The Morgan fingerprint density at radius 1 is 1.00 bits per heavy atom. The van der Waals surface area contributed by atoms with Crippen LogP contribution in [0.3, 0.4) is 0 Å². The molecule has 1 heterocycles. The molecule has 0 saturated carbocycles. The molecule has 2 aromatic rings. The van der Waals surface area contributed by atoms with Crippen molar-refractivity contribution in [3.05, 3.63) is 45.7 Å². The third-order valence-corrected chi connectivity index (χ3v) is 3.24. The van der Waals surface area contributed by atoms with Crippen LogP contribution in [0, 0.1) is 0 Å². The van der Waals surface area contributed by atoms with E-state index in [1.165, 1.54) is 17.4 Å². The van der Waals surface area contributed by atoms with Gasteiger partial charge < -0.3 is 4.98 Å². The van der Waals surface area contributed by atoms with Crippen molar-refractivity contribution < 1.29 is 0 Å². The average Bonchev–Trinajstić information content (AvgIpc) is 2.30. The second-order valence-corrected chi connectivity index (χ2v) is 4.16. The van der Waals surface area contributed by atoms with Gasteiger partial charge >= 0.3 is 0 Å². The van der Waals surface area contributed by atoms with Crippen LogP contribution in [-0.4, -0.2) is 4.98 Å². The molecule has 0 aliphatic heterocycles. The van der Waals surface area contributed by atoms with Crippen molar-refractivity contribution in [2.45, 2.75) is 25.7 Å². The number of fused-ring (bicyclic) bond motifs is 3. The Bertz CT molecular complexity index is 568. The zero-order valence-corrected chi connectivity index (χ0v) is 8.55. The van der Waals surface area contributed by atoms with E-state index in [0.717, 1.165) is 30.3 Å². The standard InChI is InChI=1S/C13H13NO/c15-13-11-7-2-1-5-9(11)10-6-3-4-8-12(10)14-13/h3-4,6,8H,1-2,5,7H2,(H,14,15). The largest absolute Gasteiger partial charge is 0.322 e. The minimum Gasteiger partial charge on any atom is -0.322 e.